The first-order valence-electron chi connectivity index (χ1n) is 4.36. The fourth-order valence-electron chi connectivity index (χ4n) is 0.606. The number of phenolic OH excluding ortho intramolecular Hbond substituents is 1. The van der Waals surface area contributed by atoms with Gasteiger partial charge in [0.1, 0.15) is 6.29 Å². The van der Waals surface area contributed by atoms with Crippen LogP contribution in [0.1, 0.15) is 14.5 Å². The largest absolute Gasteiger partial charge is 0.504 e. The second kappa shape index (κ2) is 3.05. The third-order valence-corrected chi connectivity index (χ3v) is 1.10. The number of aldehydes is 1. The summed E-state index contributed by atoms with van der Waals surface area (Å²) in [5.41, 5.74) is -0.312. The van der Waals surface area contributed by atoms with Crippen molar-refractivity contribution in [3.63, 3.8) is 0 Å². The highest BCUT2D eigenvalue weighted by Crippen LogP contribution is 2.25. The smallest absolute Gasteiger partial charge is 0.160 e. The molecule has 0 aliphatic rings. The molecule has 0 saturated carbocycles. The van der Waals surface area contributed by atoms with Crippen molar-refractivity contribution in [2.75, 3.05) is 7.11 Å². The van der Waals surface area contributed by atoms with E-state index in [-0.39, 0.29) is 17.6 Å². The van der Waals surface area contributed by atoms with Gasteiger partial charge in [0.05, 0.1) is 11.2 Å². The third kappa shape index (κ3) is 1.49. The number of rotatable bonds is 2. The monoisotopic (exact) mass is 155 g/mol. The van der Waals surface area contributed by atoms with Crippen LogP contribution in [0, 0.1) is 0 Å². The maximum atomic E-state index is 10.5. The lowest BCUT2D eigenvalue weighted by molar-refractivity contribution is 0.112. The highest BCUT2D eigenvalue weighted by Gasteiger charge is 2.00. The highest BCUT2D eigenvalue weighted by atomic mass is 16.5. The lowest BCUT2D eigenvalue weighted by Crippen LogP contribution is -1.85. The number of phenols is 1. The Labute approximate surface area is 68.4 Å². The number of carbonyl (C=O) groups excluding carboxylic acids is 1. The molecule has 11 heavy (non-hydrogen) atoms. The molecule has 0 unspecified atom stereocenters. The van der Waals surface area contributed by atoms with Crippen molar-refractivity contribution >= 4 is 6.29 Å². The molecule has 0 radical (unpaired) electrons. The van der Waals surface area contributed by atoms with Crippen molar-refractivity contribution in [2.45, 2.75) is 0 Å². The van der Waals surface area contributed by atoms with Gasteiger partial charge < -0.3 is 9.84 Å². The maximum Gasteiger partial charge on any atom is 0.160 e. The van der Waals surface area contributed by atoms with Crippen molar-refractivity contribution in [3.8, 4) is 11.5 Å². The molecule has 0 heterocycles. The van der Waals surface area contributed by atoms with E-state index in [9.17, 15) is 9.90 Å². The quantitative estimate of drug-likeness (QED) is 0.653. The van der Waals surface area contributed by atoms with Gasteiger partial charge in [0.2, 0.25) is 0 Å². The summed E-state index contributed by atoms with van der Waals surface area (Å²) in [4.78, 5) is 10.5. The van der Waals surface area contributed by atoms with E-state index in [1.807, 2.05) is 0 Å². The number of benzene rings is 1. The van der Waals surface area contributed by atoms with Crippen molar-refractivity contribution in [1.29, 1.82) is 0 Å². The van der Waals surface area contributed by atoms with Gasteiger partial charge in [0, 0.05) is 5.56 Å². The second-order valence-corrected chi connectivity index (χ2v) is 1.79. The van der Waals surface area contributed by atoms with E-state index in [1.165, 1.54) is 7.11 Å². The highest BCUT2D eigenvalue weighted by molar-refractivity contribution is 5.76. The molecule has 1 N–H and O–H groups in total. The lowest BCUT2D eigenvalue weighted by atomic mass is 10.2. The molecule has 0 aliphatic heterocycles. The minimum Gasteiger partial charge on any atom is -0.504 e. The van der Waals surface area contributed by atoms with Crippen LogP contribution in [0.5, 0.6) is 11.5 Å². The van der Waals surface area contributed by atoms with E-state index < -0.39 is 23.9 Å². The van der Waals surface area contributed by atoms with Crippen LogP contribution < -0.4 is 4.74 Å². The van der Waals surface area contributed by atoms with Gasteiger partial charge in [-0.3, -0.25) is 4.79 Å². The van der Waals surface area contributed by atoms with Crippen LogP contribution in [0.15, 0.2) is 18.1 Å². The fourth-order valence-corrected chi connectivity index (χ4v) is 0.606. The zero-order chi connectivity index (χ0) is 10.9. The summed E-state index contributed by atoms with van der Waals surface area (Å²) in [5, 5.41) is 9.34. The third-order valence-electron chi connectivity index (χ3n) is 1.10. The van der Waals surface area contributed by atoms with Gasteiger partial charge >= 0.3 is 0 Å². The van der Waals surface area contributed by atoms with Crippen LogP contribution in [0.2, 0.25) is 0 Å². The molecular weight excluding hydrogens is 144 g/mol. The topological polar surface area (TPSA) is 46.5 Å². The van der Waals surface area contributed by atoms with Crippen molar-refractivity contribution in [1.82, 2.24) is 0 Å². The maximum absolute atomic E-state index is 10.5. The van der Waals surface area contributed by atoms with Crippen LogP contribution in [0.25, 0.3) is 0 Å². The zero-order valence-electron chi connectivity index (χ0n) is 8.84. The van der Waals surface area contributed by atoms with Gasteiger partial charge in [-0.25, -0.2) is 0 Å². The Bertz CT molecular complexity index is 361. The molecule has 1 aromatic rings. The summed E-state index contributed by atoms with van der Waals surface area (Å²) in [6.45, 7) is 0. The predicted molar refractivity (Wildman–Crippen MR) is 40.0 cm³/mol. The van der Waals surface area contributed by atoms with Gasteiger partial charge in [-0.15, -0.1) is 0 Å². The average molecular weight is 155 g/mol. The Morgan fingerprint density at radius 1 is 1.73 bits per heavy atom. The number of ether oxygens (including phenoxy) is 1. The standard InChI is InChI=1S/C8H8O3/c1-11-8-3-2-6(5-9)4-7(8)10/h2-5,10H,1H3/i2D,3D,4D. The average Bonchev–Trinajstić information content (AvgIpc) is 2.17. The van der Waals surface area contributed by atoms with E-state index in [0.717, 1.165) is 0 Å². The van der Waals surface area contributed by atoms with E-state index in [0.29, 0.717) is 0 Å². The van der Waals surface area contributed by atoms with Crippen molar-refractivity contribution in [2.24, 2.45) is 0 Å². The summed E-state index contributed by atoms with van der Waals surface area (Å²) >= 11 is 0. The molecule has 0 spiro atoms. The summed E-state index contributed by atoms with van der Waals surface area (Å²) < 4.78 is 26.7. The molecule has 0 amide bonds. The molecular formula is C8H8O3. The van der Waals surface area contributed by atoms with Gasteiger partial charge in [-0.05, 0) is 18.1 Å². The van der Waals surface area contributed by atoms with E-state index in [4.69, 9.17) is 4.11 Å². The molecule has 0 aromatic heterocycles. The van der Waals surface area contributed by atoms with Crippen LogP contribution >= 0.6 is 0 Å². The van der Waals surface area contributed by atoms with Crippen LogP contribution in [0.3, 0.4) is 0 Å². The van der Waals surface area contributed by atoms with Gasteiger partial charge in [-0.1, -0.05) is 0 Å². The van der Waals surface area contributed by atoms with Gasteiger partial charge in [0.25, 0.3) is 0 Å². The first-order chi connectivity index (χ1) is 6.54. The predicted octanol–water partition coefficient (Wildman–Crippen LogP) is 1.21. The Hall–Kier alpha value is -1.51. The minimum atomic E-state index is -0.587. The number of hydrogen-bond donors (Lipinski definition) is 1. The van der Waals surface area contributed by atoms with Gasteiger partial charge in [0.15, 0.2) is 11.5 Å². The molecule has 3 heteroatoms. The number of methoxy groups -OCH3 is 1. The Kier molecular flexibility index (Phi) is 1.22. The number of aromatic hydroxyl groups is 1. The van der Waals surface area contributed by atoms with E-state index in [1.54, 1.807) is 0 Å². The van der Waals surface area contributed by atoms with Gasteiger partial charge in [-0.2, -0.15) is 0 Å². The molecule has 0 fully saturated rings. The first kappa shape index (κ1) is 4.38. The molecule has 0 saturated heterocycles. The molecule has 0 atom stereocenters. The fraction of sp³-hybridized carbons (Fsp3) is 0.125. The molecule has 1 rings (SSSR count). The Morgan fingerprint density at radius 3 is 3.00 bits per heavy atom. The summed E-state index contributed by atoms with van der Waals surface area (Å²) in [7, 11) is 1.21. The van der Waals surface area contributed by atoms with Crippen LogP contribution in [0.4, 0.5) is 0 Å². The van der Waals surface area contributed by atoms with E-state index in [2.05, 4.69) is 4.74 Å². The number of carbonyl (C=O) groups is 1. The Balaban J connectivity index is 3.63. The Morgan fingerprint density at radius 2 is 2.45 bits per heavy atom. The van der Waals surface area contributed by atoms with Crippen LogP contribution in [-0.4, -0.2) is 18.5 Å². The van der Waals surface area contributed by atoms with E-state index >= 15 is 0 Å². The molecule has 58 valence electrons. The van der Waals surface area contributed by atoms with Crippen molar-refractivity contribution < 1.29 is 18.8 Å². The molecule has 0 bridgehead atoms. The first-order valence-corrected chi connectivity index (χ1v) is 2.86. The second-order valence-electron chi connectivity index (χ2n) is 1.79. The SMILES string of the molecule is [2H]c1c([2H])c(OC)c(O)c([2H])c1C=O. The molecule has 3 nitrogen and oxygen atoms in total. The minimum absolute atomic E-state index is 0.259. The number of hydrogen-bond acceptors (Lipinski definition) is 3. The van der Waals surface area contributed by atoms with Crippen LogP contribution in [-0.2, 0) is 0 Å². The summed E-state index contributed by atoms with van der Waals surface area (Å²) in [6, 6.07) is -1.30. The summed E-state index contributed by atoms with van der Waals surface area (Å²) in [5.74, 6) is -0.846. The normalized spacial score (nSPS) is 13.0. The molecule has 0 aliphatic carbocycles. The zero-order valence-corrected chi connectivity index (χ0v) is 5.84. The van der Waals surface area contributed by atoms with Crippen molar-refractivity contribution in [3.05, 3.63) is 23.7 Å². The molecule has 1 aromatic carbocycles. The lowest BCUT2D eigenvalue weighted by Gasteiger charge is -2.01. The summed E-state index contributed by atoms with van der Waals surface area (Å²) in [6.07, 6.45) is 0.266.